The van der Waals surface area contributed by atoms with Crippen LogP contribution in [0, 0.1) is 19.7 Å². The lowest BCUT2D eigenvalue weighted by atomic mass is 9.99. The number of amides is 1. The molecule has 0 spiro atoms. The van der Waals surface area contributed by atoms with Gasteiger partial charge < -0.3 is 5.11 Å². The molecular weight excluding hydrogens is 477 g/mol. The number of rotatable bonds is 5. The maximum absolute atomic E-state index is 15.2. The highest BCUT2D eigenvalue weighted by Crippen LogP contribution is 2.49. The van der Waals surface area contributed by atoms with Crippen LogP contribution in [-0.2, 0) is 9.59 Å². The molecule has 182 valence electrons. The number of carboxylic acid groups (broad SMARTS) is 1. The Balaban J connectivity index is 1.90. The van der Waals surface area contributed by atoms with E-state index in [0.29, 0.717) is 22.6 Å². The summed E-state index contributed by atoms with van der Waals surface area (Å²) in [4.78, 5) is 26.5. The van der Waals surface area contributed by atoms with Crippen LogP contribution in [0.15, 0.2) is 72.8 Å². The van der Waals surface area contributed by atoms with E-state index in [9.17, 15) is 14.7 Å². The van der Waals surface area contributed by atoms with Gasteiger partial charge >= 0.3 is 5.97 Å². The van der Waals surface area contributed by atoms with E-state index in [2.05, 4.69) is 0 Å². The second-order valence-electron chi connectivity index (χ2n) is 8.67. The molecular formula is C28H24FN3O3S. The third kappa shape index (κ3) is 4.18. The zero-order valence-corrected chi connectivity index (χ0v) is 20.6. The van der Waals surface area contributed by atoms with Gasteiger partial charge in [-0.2, -0.15) is 5.10 Å². The van der Waals surface area contributed by atoms with E-state index < -0.39 is 23.6 Å². The van der Waals surface area contributed by atoms with Gasteiger partial charge in [0, 0.05) is 16.7 Å². The van der Waals surface area contributed by atoms with Crippen molar-refractivity contribution in [3.63, 3.8) is 0 Å². The maximum Gasteiger partial charge on any atom is 0.323 e. The number of halogens is 1. The average Bonchev–Trinajstić information content (AvgIpc) is 3.19. The molecule has 2 heterocycles. The van der Waals surface area contributed by atoms with Crippen LogP contribution in [-0.4, -0.2) is 39.1 Å². The fraction of sp³-hybridized carbons (Fsp3) is 0.179. The van der Waals surface area contributed by atoms with E-state index in [1.807, 2.05) is 62.4 Å². The van der Waals surface area contributed by atoms with Crippen LogP contribution in [0.5, 0.6) is 0 Å². The first-order valence-corrected chi connectivity index (χ1v) is 12.5. The molecule has 0 fully saturated rings. The zero-order valence-electron chi connectivity index (χ0n) is 19.8. The van der Waals surface area contributed by atoms with Crippen molar-refractivity contribution in [2.45, 2.75) is 19.1 Å². The summed E-state index contributed by atoms with van der Waals surface area (Å²) < 4.78 is 16.8. The lowest BCUT2D eigenvalue weighted by Gasteiger charge is -2.23. The highest BCUT2D eigenvalue weighted by atomic mass is 32.2. The monoisotopic (exact) mass is 501 g/mol. The minimum Gasteiger partial charge on any atom is -0.480 e. The number of nitrogens with zero attached hydrogens (tertiary/aromatic N) is 3. The number of aromatic nitrogens is 2. The predicted octanol–water partition coefficient (Wildman–Crippen LogP) is 5.55. The Hall–Kier alpha value is -3.91. The summed E-state index contributed by atoms with van der Waals surface area (Å²) in [7, 11) is 0. The van der Waals surface area contributed by atoms with Crippen molar-refractivity contribution in [3.05, 3.63) is 101 Å². The second kappa shape index (κ2) is 9.62. The van der Waals surface area contributed by atoms with Crippen LogP contribution in [0.3, 0.4) is 0 Å². The number of thioether (sulfide) groups is 1. The van der Waals surface area contributed by atoms with Crippen LogP contribution in [0.25, 0.3) is 16.9 Å². The van der Waals surface area contributed by atoms with Crippen molar-refractivity contribution in [1.29, 1.82) is 0 Å². The molecule has 5 rings (SSSR count). The highest BCUT2D eigenvalue weighted by Gasteiger charge is 2.38. The van der Waals surface area contributed by atoms with E-state index in [0.717, 1.165) is 22.4 Å². The Morgan fingerprint density at radius 2 is 1.78 bits per heavy atom. The summed E-state index contributed by atoms with van der Waals surface area (Å²) in [6, 6.07) is 21.8. The topological polar surface area (TPSA) is 75.4 Å². The van der Waals surface area contributed by atoms with E-state index in [1.165, 1.54) is 22.7 Å². The Kier molecular flexibility index (Phi) is 6.36. The van der Waals surface area contributed by atoms with Gasteiger partial charge in [0.15, 0.2) is 0 Å². The number of hydrogen-bond donors (Lipinski definition) is 1. The lowest BCUT2D eigenvalue weighted by Crippen LogP contribution is -2.38. The molecule has 6 nitrogen and oxygen atoms in total. The summed E-state index contributed by atoms with van der Waals surface area (Å²) in [5, 5.41) is 14.1. The fourth-order valence-corrected chi connectivity index (χ4v) is 5.75. The molecule has 1 N–H and O–H groups in total. The molecule has 0 aliphatic carbocycles. The van der Waals surface area contributed by atoms with Crippen molar-refractivity contribution < 1.29 is 19.1 Å². The number of fused-ring (bicyclic) bond motifs is 1. The molecule has 1 aliphatic rings. The van der Waals surface area contributed by atoms with Crippen molar-refractivity contribution in [2.75, 3.05) is 17.2 Å². The summed E-state index contributed by atoms with van der Waals surface area (Å²) >= 11 is 1.28. The highest BCUT2D eigenvalue weighted by molar-refractivity contribution is 8.00. The molecule has 0 saturated heterocycles. The molecule has 1 unspecified atom stereocenters. The first kappa shape index (κ1) is 23.8. The summed E-state index contributed by atoms with van der Waals surface area (Å²) in [5.74, 6) is -1.54. The van der Waals surface area contributed by atoms with Crippen molar-refractivity contribution in [3.8, 4) is 16.9 Å². The number of aryl methyl sites for hydroxylation is 1. The third-order valence-corrected chi connectivity index (χ3v) is 7.66. The van der Waals surface area contributed by atoms with Crippen molar-refractivity contribution in [2.24, 2.45) is 0 Å². The number of carboxylic acids is 1. The van der Waals surface area contributed by atoms with Gasteiger partial charge in [0.1, 0.15) is 18.2 Å². The number of carbonyl (C=O) groups is 2. The van der Waals surface area contributed by atoms with Crippen molar-refractivity contribution >= 4 is 29.5 Å². The fourth-order valence-electron chi connectivity index (χ4n) is 4.53. The van der Waals surface area contributed by atoms with Gasteiger partial charge in [-0.1, -0.05) is 60.7 Å². The quantitative estimate of drug-likeness (QED) is 0.388. The molecule has 0 radical (unpaired) electrons. The number of hydrogen-bond acceptors (Lipinski definition) is 4. The van der Waals surface area contributed by atoms with E-state index in [4.69, 9.17) is 5.10 Å². The molecule has 1 atom stereocenters. The van der Waals surface area contributed by atoms with Gasteiger partial charge in [0.2, 0.25) is 5.91 Å². The predicted molar refractivity (Wildman–Crippen MR) is 139 cm³/mol. The number of benzene rings is 3. The van der Waals surface area contributed by atoms with Gasteiger partial charge in [-0.15, -0.1) is 11.8 Å². The summed E-state index contributed by atoms with van der Waals surface area (Å²) in [6.45, 7) is 3.42. The summed E-state index contributed by atoms with van der Waals surface area (Å²) in [5.41, 5.74) is 5.13. The van der Waals surface area contributed by atoms with E-state index >= 15 is 4.39 Å². The molecule has 4 aromatic rings. The first-order chi connectivity index (χ1) is 17.4. The van der Waals surface area contributed by atoms with Gasteiger partial charge in [-0.25, -0.2) is 9.07 Å². The van der Waals surface area contributed by atoms with Gasteiger partial charge in [-0.3, -0.25) is 14.5 Å². The molecule has 1 aliphatic heterocycles. The van der Waals surface area contributed by atoms with Crippen LogP contribution < -0.4 is 4.90 Å². The molecule has 8 heteroatoms. The first-order valence-electron chi connectivity index (χ1n) is 11.5. The molecule has 36 heavy (non-hydrogen) atoms. The van der Waals surface area contributed by atoms with Crippen LogP contribution >= 0.6 is 11.8 Å². The zero-order chi connectivity index (χ0) is 25.4. The number of anilines is 1. The molecule has 1 amide bonds. The average molecular weight is 502 g/mol. The van der Waals surface area contributed by atoms with Crippen LogP contribution in [0.4, 0.5) is 10.2 Å². The Labute approximate surface area is 212 Å². The SMILES string of the molecule is Cc1cccc(-n2nc(-c3ccccc3)c3c2N(CC(=O)O)C(=O)CSC3c2ccccc2F)c1C. The molecule has 0 saturated carbocycles. The Morgan fingerprint density at radius 1 is 1.06 bits per heavy atom. The minimum atomic E-state index is -1.14. The minimum absolute atomic E-state index is 0.00197. The van der Waals surface area contributed by atoms with Gasteiger partial charge in [0.05, 0.1) is 22.4 Å². The van der Waals surface area contributed by atoms with Gasteiger partial charge in [0.25, 0.3) is 0 Å². The largest absolute Gasteiger partial charge is 0.480 e. The molecule has 1 aromatic heterocycles. The standard InChI is InChI=1S/C28H24FN3O3S/c1-17-9-8-14-22(18(17)2)32-28-25(26(30-32)19-10-4-3-5-11-19)27(20-12-6-7-13-21(20)29)36-16-23(33)31(28)15-24(34)35/h3-14,27H,15-16H2,1-2H3,(H,34,35). The van der Waals surface area contributed by atoms with E-state index in [-0.39, 0.29) is 11.7 Å². The van der Waals surface area contributed by atoms with Gasteiger partial charge in [-0.05, 0) is 37.1 Å². The normalized spacial score (nSPS) is 15.5. The molecule has 3 aromatic carbocycles. The Bertz CT molecular complexity index is 1470. The summed E-state index contributed by atoms with van der Waals surface area (Å²) in [6.07, 6.45) is 0. The third-order valence-electron chi connectivity index (χ3n) is 6.42. The van der Waals surface area contributed by atoms with E-state index in [1.54, 1.807) is 22.9 Å². The number of carbonyl (C=O) groups excluding carboxylic acids is 1. The Morgan fingerprint density at radius 3 is 2.50 bits per heavy atom. The second-order valence-corrected chi connectivity index (χ2v) is 9.76. The lowest BCUT2D eigenvalue weighted by molar-refractivity contribution is -0.136. The van der Waals surface area contributed by atoms with Crippen molar-refractivity contribution in [1.82, 2.24) is 9.78 Å². The van der Waals surface area contributed by atoms with Crippen LogP contribution in [0.2, 0.25) is 0 Å². The smallest absolute Gasteiger partial charge is 0.323 e. The maximum atomic E-state index is 15.2. The molecule has 0 bridgehead atoms. The van der Waals surface area contributed by atoms with Crippen LogP contribution in [0.1, 0.15) is 27.5 Å². The number of aliphatic carboxylic acids is 1.